The summed E-state index contributed by atoms with van der Waals surface area (Å²) in [4.78, 5) is 28.0. The van der Waals surface area contributed by atoms with E-state index in [2.05, 4.69) is 12.2 Å². The summed E-state index contributed by atoms with van der Waals surface area (Å²) in [5.41, 5.74) is 2.62. The van der Waals surface area contributed by atoms with E-state index < -0.39 is 0 Å². The zero-order valence-corrected chi connectivity index (χ0v) is 18.8. The molecule has 166 valence electrons. The van der Waals surface area contributed by atoms with Gasteiger partial charge in [-0.2, -0.15) is 0 Å². The van der Waals surface area contributed by atoms with Gasteiger partial charge in [0.15, 0.2) is 11.5 Å². The van der Waals surface area contributed by atoms with Crippen LogP contribution in [-0.2, 0) is 4.79 Å². The maximum absolute atomic E-state index is 13.2. The number of ether oxygens (including phenoxy) is 2. The van der Waals surface area contributed by atoms with E-state index >= 15 is 0 Å². The number of carbonyl (C=O) groups excluding carboxylic acids is 2. The molecule has 31 heavy (non-hydrogen) atoms. The average Bonchev–Trinajstić information content (AvgIpc) is 3.24. The normalized spacial score (nSPS) is 18.0. The molecule has 0 spiro atoms. The number of benzene rings is 2. The minimum absolute atomic E-state index is 0.0254. The van der Waals surface area contributed by atoms with Crippen molar-refractivity contribution in [3.05, 3.63) is 59.2 Å². The van der Waals surface area contributed by atoms with Crippen molar-refractivity contribution in [2.24, 2.45) is 5.92 Å². The molecule has 2 atom stereocenters. The zero-order valence-electron chi connectivity index (χ0n) is 18.8. The minimum Gasteiger partial charge on any atom is -0.493 e. The van der Waals surface area contributed by atoms with E-state index in [9.17, 15) is 9.59 Å². The predicted molar refractivity (Wildman–Crippen MR) is 121 cm³/mol. The molecule has 2 aromatic rings. The predicted octanol–water partition coefficient (Wildman–Crippen LogP) is 3.78. The Morgan fingerprint density at radius 1 is 1.06 bits per heavy atom. The average molecular weight is 425 g/mol. The van der Waals surface area contributed by atoms with E-state index in [-0.39, 0.29) is 23.7 Å². The lowest BCUT2D eigenvalue weighted by Crippen LogP contribution is -2.36. The molecule has 2 unspecified atom stereocenters. The summed E-state index contributed by atoms with van der Waals surface area (Å²) in [6, 6.07) is 13.2. The van der Waals surface area contributed by atoms with Crippen LogP contribution in [0.5, 0.6) is 11.5 Å². The highest BCUT2D eigenvalue weighted by atomic mass is 16.5. The highest BCUT2D eigenvalue weighted by molar-refractivity contribution is 5.95. The summed E-state index contributed by atoms with van der Waals surface area (Å²) in [5.74, 6) is 0.617. The van der Waals surface area contributed by atoms with Crippen LogP contribution in [0.2, 0.25) is 0 Å². The van der Waals surface area contributed by atoms with Crippen molar-refractivity contribution in [1.82, 2.24) is 10.2 Å². The Labute approximate surface area is 184 Å². The van der Waals surface area contributed by atoms with Gasteiger partial charge in [-0.15, -0.1) is 0 Å². The Hall–Kier alpha value is -3.02. The van der Waals surface area contributed by atoms with Gasteiger partial charge in [-0.05, 0) is 31.5 Å². The Balaban J connectivity index is 1.91. The molecule has 6 nitrogen and oxygen atoms in total. The molecule has 6 heteroatoms. The molecular weight excluding hydrogens is 392 g/mol. The minimum atomic E-state index is -0.354. The lowest BCUT2D eigenvalue weighted by Gasteiger charge is -2.21. The molecule has 2 amide bonds. The van der Waals surface area contributed by atoms with Crippen molar-refractivity contribution in [3.63, 3.8) is 0 Å². The first-order chi connectivity index (χ1) is 15.0. The van der Waals surface area contributed by atoms with Gasteiger partial charge in [0.05, 0.1) is 20.1 Å². The number of nitrogens with zero attached hydrogens (tertiary/aromatic N) is 1. The van der Waals surface area contributed by atoms with E-state index in [0.29, 0.717) is 36.7 Å². The van der Waals surface area contributed by atoms with Crippen LogP contribution < -0.4 is 14.8 Å². The number of unbranched alkanes of at least 4 members (excludes halogenated alkanes) is 1. The third-order valence-corrected chi connectivity index (χ3v) is 5.90. The number of likely N-dealkylation sites (tertiary alicyclic amines) is 1. The fourth-order valence-electron chi connectivity index (χ4n) is 4.15. The lowest BCUT2D eigenvalue weighted by atomic mass is 9.87. The maximum Gasteiger partial charge on any atom is 0.253 e. The van der Waals surface area contributed by atoms with Gasteiger partial charge in [0, 0.05) is 36.7 Å². The van der Waals surface area contributed by atoms with Crippen LogP contribution in [0.3, 0.4) is 0 Å². The molecular formula is C25H32N2O4. The van der Waals surface area contributed by atoms with E-state index in [4.69, 9.17) is 9.47 Å². The maximum atomic E-state index is 13.2. The standard InChI is InChI=1S/C25H32N2O4/c1-5-6-14-26-24(28)21-16-27(25(29)18-12-10-17(2)11-13-18)15-20(21)19-8-7-9-22(30-3)23(19)31-4/h7-13,20-21H,5-6,14-16H2,1-4H3,(H,26,28). The second-order valence-electron chi connectivity index (χ2n) is 8.02. The zero-order chi connectivity index (χ0) is 22.4. The first-order valence-corrected chi connectivity index (χ1v) is 10.8. The van der Waals surface area contributed by atoms with Gasteiger partial charge in [-0.25, -0.2) is 0 Å². The Morgan fingerprint density at radius 2 is 1.81 bits per heavy atom. The van der Waals surface area contributed by atoms with Gasteiger partial charge >= 0.3 is 0 Å². The summed E-state index contributed by atoms with van der Waals surface area (Å²) >= 11 is 0. The fraction of sp³-hybridized carbons (Fsp3) is 0.440. The second-order valence-corrected chi connectivity index (χ2v) is 8.02. The van der Waals surface area contributed by atoms with Crippen LogP contribution in [0, 0.1) is 12.8 Å². The Bertz CT molecular complexity index is 910. The van der Waals surface area contributed by atoms with Gasteiger partial charge < -0.3 is 19.7 Å². The third-order valence-electron chi connectivity index (χ3n) is 5.90. The summed E-state index contributed by atoms with van der Waals surface area (Å²) < 4.78 is 11.1. The third kappa shape index (κ3) is 5.01. The molecule has 1 aliphatic heterocycles. The summed E-state index contributed by atoms with van der Waals surface area (Å²) in [5, 5.41) is 3.05. The van der Waals surface area contributed by atoms with Crippen LogP contribution in [0.1, 0.15) is 47.2 Å². The van der Waals surface area contributed by atoms with Gasteiger partial charge in [0.25, 0.3) is 5.91 Å². The molecule has 0 aromatic heterocycles. The lowest BCUT2D eigenvalue weighted by molar-refractivity contribution is -0.124. The monoisotopic (exact) mass is 424 g/mol. The number of methoxy groups -OCH3 is 2. The molecule has 1 aliphatic rings. The number of nitrogens with one attached hydrogen (secondary N) is 1. The number of aryl methyl sites for hydroxylation is 1. The van der Waals surface area contributed by atoms with E-state index in [0.717, 1.165) is 24.0 Å². The molecule has 1 fully saturated rings. The van der Waals surface area contributed by atoms with Crippen LogP contribution in [0.25, 0.3) is 0 Å². The molecule has 1 heterocycles. The van der Waals surface area contributed by atoms with Crippen molar-refractivity contribution < 1.29 is 19.1 Å². The van der Waals surface area contributed by atoms with E-state index in [1.807, 2.05) is 49.4 Å². The molecule has 2 aromatic carbocycles. The Kier molecular flexibility index (Phi) is 7.55. The smallest absolute Gasteiger partial charge is 0.253 e. The van der Waals surface area contributed by atoms with E-state index in [1.54, 1.807) is 19.1 Å². The number of hydrogen-bond acceptors (Lipinski definition) is 4. The summed E-state index contributed by atoms with van der Waals surface area (Å²) in [7, 11) is 3.19. The van der Waals surface area contributed by atoms with Crippen molar-refractivity contribution in [1.29, 1.82) is 0 Å². The van der Waals surface area contributed by atoms with Crippen LogP contribution in [-0.4, -0.2) is 50.6 Å². The molecule has 0 aliphatic carbocycles. The molecule has 0 saturated carbocycles. The number of amides is 2. The first-order valence-electron chi connectivity index (χ1n) is 10.8. The van der Waals surface area contributed by atoms with Gasteiger partial charge in [-0.1, -0.05) is 43.2 Å². The SMILES string of the molecule is CCCCNC(=O)C1CN(C(=O)c2ccc(C)cc2)CC1c1cccc(OC)c1OC. The topological polar surface area (TPSA) is 67.9 Å². The van der Waals surface area contributed by atoms with Crippen LogP contribution in [0.15, 0.2) is 42.5 Å². The largest absolute Gasteiger partial charge is 0.493 e. The van der Waals surface area contributed by atoms with Crippen LogP contribution in [0.4, 0.5) is 0 Å². The number of rotatable bonds is 8. The van der Waals surface area contributed by atoms with Crippen molar-refractivity contribution in [3.8, 4) is 11.5 Å². The van der Waals surface area contributed by atoms with Crippen molar-refractivity contribution >= 4 is 11.8 Å². The number of hydrogen-bond donors (Lipinski definition) is 1. The first kappa shape index (κ1) is 22.7. The number of carbonyl (C=O) groups is 2. The highest BCUT2D eigenvalue weighted by Crippen LogP contribution is 2.42. The van der Waals surface area contributed by atoms with Gasteiger partial charge in [0.2, 0.25) is 5.91 Å². The van der Waals surface area contributed by atoms with E-state index in [1.165, 1.54) is 0 Å². The molecule has 3 rings (SSSR count). The molecule has 1 N–H and O–H groups in total. The highest BCUT2D eigenvalue weighted by Gasteiger charge is 2.42. The van der Waals surface area contributed by atoms with Crippen LogP contribution >= 0.6 is 0 Å². The van der Waals surface area contributed by atoms with Gasteiger partial charge in [-0.3, -0.25) is 9.59 Å². The quantitative estimate of drug-likeness (QED) is 0.655. The molecule has 1 saturated heterocycles. The summed E-state index contributed by atoms with van der Waals surface area (Å²) in [6.45, 7) is 5.54. The summed E-state index contributed by atoms with van der Waals surface area (Å²) in [6.07, 6.45) is 1.94. The van der Waals surface area contributed by atoms with Gasteiger partial charge in [0.1, 0.15) is 0 Å². The Morgan fingerprint density at radius 3 is 2.45 bits per heavy atom. The van der Waals surface area contributed by atoms with Crippen molar-refractivity contribution in [2.45, 2.75) is 32.6 Å². The fourth-order valence-corrected chi connectivity index (χ4v) is 4.15. The molecule has 0 radical (unpaired) electrons. The van der Waals surface area contributed by atoms with Crippen molar-refractivity contribution in [2.75, 3.05) is 33.9 Å². The second kappa shape index (κ2) is 10.3. The molecule has 0 bridgehead atoms. The number of para-hydroxylation sites is 1.